The predicted molar refractivity (Wildman–Crippen MR) is 111 cm³/mol. The summed E-state index contributed by atoms with van der Waals surface area (Å²) in [6, 6.07) is 3.53. The van der Waals surface area contributed by atoms with Crippen LogP contribution in [0, 0.1) is 0 Å². The SMILES string of the molecule is CC(NC(=O)C(N)CCC(=O)O)C(=O)NC(CO)C(=O)NC(Cc1ccccc1)C(=O)O. The molecule has 0 aliphatic carbocycles. The number of nitrogens with two attached hydrogens (primary N) is 1. The van der Waals surface area contributed by atoms with E-state index in [0.29, 0.717) is 5.56 Å². The number of amides is 3. The molecule has 0 aliphatic heterocycles. The molecule has 12 heteroatoms. The Hall–Kier alpha value is -3.51. The summed E-state index contributed by atoms with van der Waals surface area (Å²) in [6.07, 6.45) is -0.459. The van der Waals surface area contributed by atoms with Gasteiger partial charge in [0.1, 0.15) is 18.1 Å². The van der Waals surface area contributed by atoms with E-state index in [1.165, 1.54) is 6.92 Å². The van der Waals surface area contributed by atoms with Crippen LogP contribution in [0.4, 0.5) is 0 Å². The second-order valence-corrected chi connectivity index (χ2v) is 7.10. The molecule has 4 atom stereocenters. The van der Waals surface area contributed by atoms with E-state index in [1.807, 2.05) is 0 Å². The maximum Gasteiger partial charge on any atom is 0.326 e. The van der Waals surface area contributed by atoms with E-state index < -0.39 is 60.4 Å². The molecule has 0 bridgehead atoms. The predicted octanol–water partition coefficient (Wildman–Crippen LogP) is -2.03. The smallest absolute Gasteiger partial charge is 0.326 e. The van der Waals surface area contributed by atoms with Crippen molar-refractivity contribution in [2.45, 2.75) is 50.4 Å². The Kier molecular flexibility index (Phi) is 10.8. The van der Waals surface area contributed by atoms with Crippen molar-refractivity contribution in [1.82, 2.24) is 16.0 Å². The average molecular weight is 452 g/mol. The maximum absolute atomic E-state index is 12.4. The Labute approximate surface area is 184 Å². The van der Waals surface area contributed by atoms with Crippen LogP contribution in [-0.4, -0.2) is 75.8 Å². The third kappa shape index (κ3) is 9.10. The minimum absolute atomic E-state index is 0.00526. The number of benzene rings is 1. The van der Waals surface area contributed by atoms with E-state index in [4.69, 9.17) is 10.8 Å². The molecular formula is C20H28N4O8. The van der Waals surface area contributed by atoms with E-state index in [-0.39, 0.29) is 19.3 Å². The number of carboxylic acid groups (broad SMARTS) is 2. The quantitative estimate of drug-likeness (QED) is 0.176. The number of aliphatic carboxylic acids is 2. The van der Waals surface area contributed by atoms with Crippen molar-refractivity contribution in [2.24, 2.45) is 5.73 Å². The molecule has 0 saturated carbocycles. The lowest BCUT2D eigenvalue weighted by Gasteiger charge is -2.22. The summed E-state index contributed by atoms with van der Waals surface area (Å²) in [4.78, 5) is 58.7. The summed E-state index contributed by atoms with van der Waals surface area (Å²) in [5.74, 6) is -4.91. The van der Waals surface area contributed by atoms with E-state index in [9.17, 15) is 34.2 Å². The van der Waals surface area contributed by atoms with Gasteiger partial charge in [0, 0.05) is 12.8 Å². The van der Waals surface area contributed by atoms with Crippen molar-refractivity contribution in [3.8, 4) is 0 Å². The number of carbonyl (C=O) groups is 5. The molecule has 3 amide bonds. The molecule has 8 N–H and O–H groups in total. The number of hydrogen-bond acceptors (Lipinski definition) is 7. The van der Waals surface area contributed by atoms with Crippen LogP contribution in [0.5, 0.6) is 0 Å². The van der Waals surface area contributed by atoms with Gasteiger partial charge in [-0.1, -0.05) is 30.3 Å². The monoisotopic (exact) mass is 452 g/mol. The van der Waals surface area contributed by atoms with Gasteiger partial charge in [-0.05, 0) is 18.9 Å². The molecule has 4 unspecified atom stereocenters. The zero-order chi connectivity index (χ0) is 24.3. The molecule has 0 aromatic heterocycles. The number of carbonyl (C=O) groups excluding carboxylic acids is 3. The third-order valence-corrected chi connectivity index (χ3v) is 4.47. The minimum atomic E-state index is -1.46. The number of carboxylic acids is 2. The standard InChI is InChI=1S/C20H28N4O8/c1-11(22-18(29)13(21)7-8-16(26)27)17(28)24-15(10-25)19(30)23-14(20(31)32)9-12-5-3-2-4-6-12/h2-6,11,13-15,25H,7-10,21H2,1H3,(H,22,29)(H,23,30)(H,24,28)(H,26,27)(H,31,32). The van der Waals surface area contributed by atoms with Crippen molar-refractivity contribution in [3.05, 3.63) is 35.9 Å². The fourth-order valence-electron chi connectivity index (χ4n) is 2.61. The van der Waals surface area contributed by atoms with Crippen molar-refractivity contribution >= 4 is 29.7 Å². The van der Waals surface area contributed by atoms with Crippen LogP contribution < -0.4 is 21.7 Å². The van der Waals surface area contributed by atoms with E-state index >= 15 is 0 Å². The summed E-state index contributed by atoms with van der Waals surface area (Å²) in [5, 5.41) is 34.3. The van der Waals surface area contributed by atoms with E-state index in [2.05, 4.69) is 16.0 Å². The second kappa shape index (κ2) is 13.0. The third-order valence-electron chi connectivity index (χ3n) is 4.47. The van der Waals surface area contributed by atoms with Crippen LogP contribution in [0.3, 0.4) is 0 Å². The normalized spacial score (nSPS) is 14.3. The molecule has 0 spiro atoms. The highest BCUT2D eigenvalue weighted by Crippen LogP contribution is 2.04. The lowest BCUT2D eigenvalue weighted by Crippen LogP contribution is -2.57. The Morgan fingerprint density at radius 2 is 1.50 bits per heavy atom. The zero-order valence-electron chi connectivity index (χ0n) is 17.5. The topological polar surface area (TPSA) is 208 Å². The average Bonchev–Trinajstić information content (AvgIpc) is 2.75. The maximum atomic E-state index is 12.4. The van der Waals surface area contributed by atoms with Crippen LogP contribution in [0.25, 0.3) is 0 Å². The summed E-state index contributed by atoms with van der Waals surface area (Å²) in [5.41, 5.74) is 6.24. The highest BCUT2D eigenvalue weighted by molar-refractivity contribution is 5.94. The van der Waals surface area contributed by atoms with Crippen molar-refractivity contribution in [3.63, 3.8) is 0 Å². The first-order valence-corrected chi connectivity index (χ1v) is 9.81. The molecule has 0 radical (unpaired) electrons. The zero-order valence-corrected chi connectivity index (χ0v) is 17.5. The van der Waals surface area contributed by atoms with E-state index in [1.54, 1.807) is 30.3 Å². The molecule has 0 heterocycles. The van der Waals surface area contributed by atoms with Crippen molar-refractivity contribution in [1.29, 1.82) is 0 Å². The second-order valence-electron chi connectivity index (χ2n) is 7.10. The van der Waals surface area contributed by atoms with E-state index in [0.717, 1.165) is 0 Å². The highest BCUT2D eigenvalue weighted by Gasteiger charge is 2.28. The largest absolute Gasteiger partial charge is 0.481 e. The van der Waals surface area contributed by atoms with Gasteiger partial charge in [-0.2, -0.15) is 0 Å². The lowest BCUT2D eigenvalue weighted by atomic mass is 10.1. The minimum Gasteiger partial charge on any atom is -0.481 e. The van der Waals surface area contributed by atoms with Crippen LogP contribution in [0.15, 0.2) is 30.3 Å². The first kappa shape index (κ1) is 26.5. The fourth-order valence-corrected chi connectivity index (χ4v) is 2.61. The van der Waals surface area contributed by atoms with Gasteiger partial charge in [-0.15, -0.1) is 0 Å². The van der Waals surface area contributed by atoms with Gasteiger partial charge in [-0.3, -0.25) is 19.2 Å². The van der Waals surface area contributed by atoms with Gasteiger partial charge >= 0.3 is 11.9 Å². The van der Waals surface area contributed by atoms with Crippen LogP contribution in [0.1, 0.15) is 25.3 Å². The number of rotatable bonds is 13. The van der Waals surface area contributed by atoms with Crippen molar-refractivity contribution < 1.29 is 39.3 Å². The van der Waals surface area contributed by atoms with Crippen LogP contribution >= 0.6 is 0 Å². The summed E-state index contributed by atoms with van der Waals surface area (Å²) in [7, 11) is 0. The molecule has 32 heavy (non-hydrogen) atoms. The lowest BCUT2D eigenvalue weighted by molar-refractivity contribution is -0.142. The number of nitrogens with one attached hydrogen (secondary N) is 3. The first-order chi connectivity index (χ1) is 15.0. The van der Waals surface area contributed by atoms with Gasteiger partial charge in [0.2, 0.25) is 17.7 Å². The molecule has 1 aromatic rings. The molecule has 0 saturated heterocycles. The summed E-state index contributed by atoms with van der Waals surface area (Å²) >= 11 is 0. The summed E-state index contributed by atoms with van der Waals surface area (Å²) < 4.78 is 0. The highest BCUT2D eigenvalue weighted by atomic mass is 16.4. The number of aliphatic hydroxyl groups is 1. The Balaban J connectivity index is 2.66. The van der Waals surface area contributed by atoms with Gasteiger partial charge in [0.15, 0.2) is 0 Å². The van der Waals surface area contributed by atoms with Gasteiger partial charge in [0.25, 0.3) is 0 Å². The van der Waals surface area contributed by atoms with Gasteiger partial charge in [0.05, 0.1) is 12.6 Å². The van der Waals surface area contributed by atoms with Gasteiger partial charge < -0.3 is 37.0 Å². The Morgan fingerprint density at radius 3 is 2.03 bits per heavy atom. The molecule has 1 aromatic carbocycles. The summed E-state index contributed by atoms with van der Waals surface area (Å²) in [6.45, 7) is 0.493. The van der Waals surface area contributed by atoms with Crippen molar-refractivity contribution in [2.75, 3.05) is 6.61 Å². The van der Waals surface area contributed by atoms with Crippen LogP contribution in [0.2, 0.25) is 0 Å². The Morgan fingerprint density at radius 1 is 0.906 bits per heavy atom. The first-order valence-electron chi connectivity index (χ1n) is 9.81. The molecule has 176 valence electrons. The fraction of sp³-hybridized carbons (Fsp3) is 0.450. The molecule has 0 fully saturated rings. The molecule has 12 nitrogen and oxygen atoms in total. The molecular weight excluding hydrogens is 424 g/mol. The van der Waals surface area contributed by atoms with Gasteiger partial charge in [-0.25, -0.2) is 4.79 Å². The number of hydrogen-bond donors (Lipinski definition) is 7. The molecule has 0 aliphatic rings. The van der Waals surface area contributed by atoms with Crippen LogP contribution in [-0.2, 0) is 30.4 Å². The Bertz CT molecular complexity index is 817. The molecule has 1 rings (SSSR count). The number of aliphatic hydroxyl groups excluding tert-OH is 1.